The summed E-state index contributed by atoms with van der Waals surface area (Å²) in [5, 5.41) is 5.57. The normalized spacial score (nSPS) is 17.2. The van der Waals surface area contributed by atoms with E-state index < -0.39 is 0 Å². The first kappa shape index (κ1) is 18.0. The van der Waals surface area contributed by atoms with Crippen molar-refractivity contribution >= 4 is 17.7 Å². The minimum Gasteiger partial charge on any atom is -0.354 e. The highest BCUT2D eigenvalue weighted by molar-refractivity contribution is 5.89. The molecule has 1 saturated heterocycles. The maximum atomic E-state index is 12.1. The number of amides is 3. The van der Waals surface area contributed by atoms with Crippen LogP contribution in [0.3, 0.4) is 0 Å². The van der Waals surface area contributed by atoms with Gasteiger partial charge in [-0.2, -0.15) is 0 Å². The first-order valence-electron chi connectivity index (χ1n) is 8.35. The third-order valence-electron chi connectivity index (χ3n) is 4.11. The Morgan fingerprint density at radius 2 is 1.83 bits per heavy atom. The summed E-state index contributed by atoms with van der Waals surface area (Å²) in [4.78, 5) is 37.4. The van der Waals surface area contributed by atoms with Gasteiger partial charge in [0.1, 0.15) is 0 Å². The maximum Gasteiger partial charge on any atom is 0.225 e. The van der Waals surface area contributed by atoms with Gasteiger partial charge in [0, 0.05) is 32.1 Å². The average Bonchev–Trinajstić information content (AvgIpc) is 2.94. The van der Waals surface area contributed by atoms with E-state index >= 15 is 0 Å². The Balaban J connectivity index is 1.64. The van der Waals surface area contributed by atoms with Crippen molar-refractivity contribution in [2.45, 2.75) is 32.7 Å². The number of benzene rings is 1. The number of hydrogen-bond acceptors (Lipinski definition) is 3. The smallest absolute Gasteiger partial charge is 0.225 e. The molecule has 1 heterocycles. The van der Waals surface area contributed by atoms with Gasteiger partial charge in [-0.3, -0.25) is 14.4 Å². The number of likely N-dealkylation sites (tertiary alicyclic amines) is 1. The van der Waals surface area contributed by atoms with Gasteiger partial charge < -0.3 is 15.5 Å². The van der Waals surface area contributed by atoms with Gasteiger partial charge in [-0.05, 0) is 19.4 Å². The number of nitrogens with zero attached hydrogens (tertiary/aromatic N) is 1. The van der Waals surface area contributed by atoms with E-state index in [0.29, 0.717) is 26.1 Å². The molecule has 1 aromatic rings. The number of rotatable bonds is 7. The number of nitrogens with one attached hydrogen (secondary N) is 2. The predicted octanol–water partition coefficient (Wildman–Crippen LogP) is 0.718. The molecule has 0 saturated carbocycles. The van der Waals surface area contributed by atoms with Gasteiger partial charge in [0.05, 0.1) is 12.3 Å². The molecule has 0 aromatic heterocycles. The van der Waals surface area contributed by atoms with Crippen molar-refractivity contribution in [1.29, 1.82) is 0 Å². The highest BCUT2D eigenvalue weighted by atomic mass is 16.2. The number of carbonyl (C=O) groups excluding carboxylic acids is 3. The monoisotopic (exact) mass is 331 g/mol. The van der Waals surface area contributed by atoms with Crippen molar-refractivity contribution in [3.05, 3.63) is 35.9 Å². The molecule has 6 nitrogen and oxygen atoms in total. The number of carbonyl (C=O) groups is 3. The first-order valence-corrected chi connectivity index (χ1v) is 8.35. The lowest BCUT2D eigenvalue weighted by molar-refractivity contribution is -0.129. The van der Waals surface area contributed by atoms with Crippen molar-refractivity contribution < 1.29 is 14.4 Å². The molecule has 1 aromatic carbocycles. The van der Waals surface area contributed by atoms with E-state index in [-0.39, 0.29) is 36.1 Å². The highest BCUT2D eigenvalue weighted by Gasteiger charge is 2.35. The Kier molecular flexibility index (Phi) is 6.35. The zero-order valence-electron chi connectivity index (χ0n) is 14.2. The molecular formula is C18H25N3O3. The summed E-state index contributed by atoms with van der Waals surface area (Å²) < 4.78 is 0. The van der Waals surface area contributed by atoms with E-state index in [1.807, 2.05) is 44.2 Å². The van der Waals surface area contributed by atoms with Crippen LogP contribution in [0.25, 0.3) is 0 Å². The van der Waals surface area contributed by atoms with Gasteiger partial charge in [-0.15, -0.1) is 0 Å². The van der Waals surface area contributed by atoms with Crippen molar-refractivity contribution in [2.75, 3.05) is 19.6 Å². The van der Waals surface area contributed by atoms with E-state index in [4.69, 9.17) is 0 Å². The molecule has 2 rings (SSSR count). The molecule has 0 bridgehead atoms. The van der Waals surface area contributed by atoms with E-state index in [0.717, 1.165) is 5.56 Å². The van der Waals surface area contributed by atoms with Gasteiger partial charge in [0.15, 0.2) is 0 Å². The quantitative estimate of drug-likeness (QED) is 0.723. The summed E-state index contributed by atoms with van der Waals surface area (Å²) in [7, 11) is 0. The lowest BCUT2D eigenvalue weighted by Crippen LogP contribution is -2.39. The zero-order valence-corrected chi connectivity index (χ0v) is 14.2. The van der Waals surface area contributed by atoms with E-state index in [1.165, 1.54) is 0 Å². The van der Waals surface area contributed by atoms with Gasteiger partial charge >= 0.3 is 0 Å². The standard InChI is InChI=1S/C18H25N3O3/c1-13(2)21-12-15(11-17(21)23)18(24)20-9-8-19-16(22)10-14-6-4-3-5-7-14/h3-7,13,15H,8-12H2,1-2H3,(H,19,22)(H,20,24). The average molecular weight is 331 g/mol. The molecule has 6 heteroatoms. The van der Waals surface area contributed by atoms with Gasteiger partial charge in [0.2, 0.25) is 17.7 Å². The molecule has 0 spiro atoms. The van der Waals surface area contributed by atoms with E-state index in [2.05, 4.69) is 10.6 Å². The highest BCUT2D eigenvalue weighted by Crippen LogP contribution is 2.19. The Hall–Kier alpha value is -2.37. The van der Waals surface area contributed by atoms with E-state index in [9.17, 15) is 14.4 Å². The van der Waals surface area contributed by atoms with Crippen LogP contribution in [0.4, 0.5) is 0 Å². The minimum atomic E-state index is -0.292. The first-order chi connectivity index (χ1) is 11.5. The molecular weight excluding hydrogens is 306 g/mol. The molecule has 130 valence electrons. The van der Waals surface area contributed by atoms with Crippen molar-refractivity contribution in [3.8, 4) is 0 Å². The fourth-order valence-corrected chi connectivity index (χ4v) is 2.78. The molecule has 0 radical (unpaired) electrons. The van der Waals surface area contributed by atoms with Crippen LogP contribution in [-0.2, 0) is 20.8 Å². The molecule has 1 fully saturated rings. The Morgan fingerprint density at radius 1 is 1.17 bits per heavy atom. The molecule has 2 N–H and O–H groups in total. The summed E-state index contributed by atoms with van der Waals surface area (Å²) in [5.74, 6) is -0.456. The van der Waals surface area contributed by atoms with Crippen LogP contribution >= 0.6 is 0 Å². The lowest BCUT2D eigenvalue weighted by atomic mass is 10.1. The molecule has 1 unspecified atom stereocenters. The van der Waals surface area contributed by atoms with E-state index in [1.54, 1.807) is 4.90 Å². The predicted molar refractivity (Wildman–Crippen MR) is 91.1 cm³/mol. The Morgan fingerprint density at radius 3 is 2.46 bits per heavy atom. The molecule has 1 aliphatic rings. The fraction of sp³-hybridized carbons (Fsp3) is 0.500. The van der Waals surface area contributed by atoms with Crippen molar-refractivity contribution in [3.63, 3.8) is 0 Å². The van der Waals surface area contributed by atoms with Gasteiger partial charge in [0.25, 0.3) is 0 Å². The zero-order chi connectivity index (χ0) is 17.5. The summed E-state index contributed by atoms with van der Waals surface area (Å²) in [6.45, 7) is 5.11. The van der Waals surface area contributed by atoms with Crippen LogP contribution < -0.4 is 10.6 Å². The second kappa shape index (κ2) is 8.47. The van der Waals surface area contributed by atoms with Crippen LogP contribution in [-0.4, -0.2) is 48.3 Å². The van der Waals surface area contributed by atoms with Crippen molar-refractivity contribution in [1.82, 2.24) is 15.5 Å². The van der Waals surface area contributed by atoms with Gasteiger partial charge in [-0.25, -0.2) is 0 Å². The second-order valence-corrected chi connectivity index (χ2v) is 6.34. The van der Waals surface area contributed by atoms with Crippen molar-refractivity contribution in [2.24, 2.45) is 5.92 Å². The van der Waals surface area contributed by atoms with Crippen LogP contribution in [0.2, 0.25) is 0 Å². The van der Waals surface area contributed by atoms with Crippen LogP contribution in [0.15, 0.2) is 30.3 Å². The molecule has 0 aliphatic carbocycles. The summed E-state index contributed by atoms with van der Waals surface area (Å²) in [5.41, 5.74) is 0.956. The third-order valence-corrected chi connectivity index (χ3v) is 4.11. The SMILES string of the molecule is CC(C)N1CC(C(=O)NCCNC(=O)Cc2ccccc2)CC1=O. The van der Waals surface area contributed by atoms with Crippen LogP contribution in [0.1, 0.15) is 25.8 Å². The third kappa shape index (κ3) is 5.08. The Labute approximate surface area is 142 Å². The fourth-order valence-electron chi connectivity index (χ4n) is 2.78. The largest absolute Gasteiger partial charge is 0.354 e. The summed E-state index contributed by atoms with van der Waals surface area (Å²) in [6, 6.07) is 9.62. The summed E-state index contributed by atoms with van der Waals surface area (Å²) in [6.07, 6.45) is 0.597. The molecule has 1 atom stereocenters. The Bertz CT molecular complexity index is 586. The number of hydrogen-bond donors (Lipinski definition) is 2. The molecule has 3 amide bonds. The topological polar surface area (TPSA) is 78.5 Å². The maximum absolute atomic E-state index is 12.1. The second-order valence-electron chi connectivity index (χ2n) is 6.34. The van der Waals surface area contributed by atoms with Crippen LogP contribution in [0, 0.1) is 5.92 Å². The summed E-state index contributed by atoms with van der Waals surface area (Å²) >= 11 is 0. The lowest BCUT2D eigenvalue weighted by Gasteiger charge is -2.20. The van der Waals surface area contributed by atoms with Crippen LogP contribution in [0.5, 0.6) is 0 Å². The minimum absolute atomic E-state index is 0.0290. The molecule has 24 heavy (non-hydrogen) atoms. The van der Waals surface area contributed by atoms with Gasteiger partial charge in [-0.1, -0.05) is 30.3 Å². The molecule has 1 aliphatic heterocycles.